The highest BCUT2D eigenvalue weighted by Crippen LogP contribution is 2.43. The first-order chi connectivity index (χ1) is 14.8. The Balaban J connectivity index is 1.73. The van der Waals surface area contributed by atoms with E-state index in [0.29, 0.717) is 72.2 Å². The molecule has 1 saturated heterocycles. The molecule has 0 atom stereocenters. The minimum absolute atomic E-state index is 0.445. The van der Waals surface area contributed by atoms with Crippen molar-refractivity contribution >= 4 is 17.8 Å². The number of ether oxygens (including phenoxy) is 4. The molecular weight excluding hydrogens is 401 g/mol. The summed E-state index contributed by atoms with van der Waals surface area (Å²) in [4.78, 5) is 2.18. The van der Waals surface area contributed by atoms with Gasteiger partial charge in [0.1, 0.15) is 0 Å². The van der Waals surface area contributed by atoms with Crippen LogP contribution in [0.2, 0.25) is 0 Å². The fourth-order valence-electron chi connectivity index (χ4n) is 3.33. The molecule has 0 amide bonds. The largest absolute Gasteiger partial charge is 0.378 e. The molecule has 0 bridgehead atoms. The predicted octanol–water partition coefficient (Wildman–Crippen LogP) is 2.34. The molecule has 30 heavy (non-hydrogen) atoms. The van der Waals surface area contributed by atoms with Crippen molar-refractivity contribution in [3.8, 4) is 0 Å². The van der Waals surface area contributed by atoms with Crippen molar-refractivity contribution in [2.45, 2.75) is 0 Å². The zero-order valence-corrected chi connectivity index (χ0v) is 18.4. The Morgan fingerprint density at radius 2 is 0.967 bits per heavy atom. The van der Waals surface area contributed by atoms with Crippen molar-refractivity contribution in [2.75, 3.05) is 72.2 Å². The molecule has 1 aliphatic heterocycles. The molecule has 1 heterocycles. The number of benzene rings is 2. The molecule has 0 aromatic heterocycles. The lowest BCUT2D eigenvalue weighted by Gasteiger charge is -2.28. The predicted molar refractivity (Wildman–Crippen MR) is 119 cm³/mol. The second-order valence-electron chi connectivity index (χ2n) is 7.12. The van der Waals surface area contributed by atoms with Gasteiger partial charge < -0.3 is 23.5 Å². The van der Waals surface area contributed by atoms with E-state index in [9.17, 15) is 4.57 Å². The molecule has 0 radical (unpaired) electrons. The fourth-order valence-corrected chi connectivity index (χ4v) is 6.11. The van der Waals surface area contributed by atoms with Gasteiger partial charge in [-0.3, -0.25) is 4.90 Å². The topological polar surface area (TPSA) is 57.2 Å². The van der Waals surface area contributed by atoms with Crippen molar-refractivity contribution in [1.29, 1.82) is 0 Å². The van der Waals surface area contributed by atoms with Gasteiger partial charge in [0.05, 0.1) is 59.1 Å². The summed E-state index contributed by atoms with van der Waals surface area (Å²) in [6.45, 7) is 5.79. The first kappa shape index (κ1) is 23.1. The third-order valence-electron chi connectivity index (χ3n) is 4.97. The van der Waals surface area contributed by atoms with Crippen molar-refractivity contribution in [2.24, 2.45) is 0 Å². The molecule has 0 saturated carbocycles. The Hall–Kier alpha value is -1.53. The van der Waals surface area contributed by atoms with Gasteiger partial charge in [-0.1, -0.05) is 60.7 Å². The summed E-state index contributed by atoms with van der Waals surface area (Å²) in [5.74, 6) is 0. The molecule has 0 aliphatic carbocycles. The zero-order chi connectivity index (χ0) is 20.9. The molecule has 2 aromatic rings. The first-order valence-electron chi connectivity index (χ1n) is 10.5. The van der Waals surface area contributed by atoms with Crippen molar-refractivity contribution in [1.82, 2.24) is 4.90 Å². The highest BCUT2D eigenvalue weighted by atomic mass is 31.2. The van der Waals surface area contributed by atoms with Gasteiger partial charge in [0.25, 0.3) is 0 Å². The van der Waals surface area contributed by atoms with Gasteiger partial charge in [0.15, 0.2) is 7.14 Å². The summed E-state index contributed by atoms with van der Waals surface area (Å²) in [5, 5.41) is 1.74. The average Bonchev–Trinajstić information content (AvgIpc) is 2.80. The van der Waals surface area contributed by atoms with E-state index in [0.717, 1.165) is 10.6 Å². The van der Waals surface area contributed by atoms with Crippen molar-refractivity contribution in [3.63, 3.8) is 0 Å². The smallest absolute Gasteiger partial charge is 0.156 e. The highest BCUT2D eigenvalue weighted by molar-refractivity contribution is 7.78. The van der Waals surface area contributed by atoms with Gasteiger partial charge in [0, 0.05) is 23.7 Å². The van der Waals surface area contributed by atoms with Gasteiger partial charge in [0.2, 0.25) is 0 Å². The fraction of sp³-hybridized carbons (Fsp3) is 0.478. The molecular formula is C23H32NO5P. The molecule has 0 spiro atoms. The highest BCUT2D eigenvalue weighted by Gasteiger charge is 2.29. The molecule has 1 aliphatic rings. The van der Waals surface area contributed by atoms with Crippen LogP contribution in [0, 0.1) is 0 Å². The van der Waals surface area contributed by atoms with E-state index in [2.05, 4.69) is 4.90 Å². The van der Waals surface area contributed by atoms with Crippen molar-refractivity contribution in [3.05, 3.63) is 60.7 Å². The molecule has 0 N–H and O–H groups in total. The van der Waals surface area contributed by atoms with Crippen LogP contribution < -0.4 is 10.6 Å². The van der Waals surface area contributed by atoms with Crippen LogP contribution in [0.25, 0.3) is 0 Å². The Morgan fingerprint density at radius 1 is 0.600 bits per heavy atom. The lowest BCUT2D eigenvalue weighted by Crippen LogP contribution is -2.36. The Kier molecular flexibility index (Phi) is 10.0. The van der Waals surface area contributed by atoms with E-state index in [1.54, 1.807) is 0 Å². The number of hydrogen-bond donors (Lipinski definition) is 0. The van der Waals surface area contributed by atoms with Crippen LogP contribution in [0.3, 0.4) is 0 Å². The monoisotopic (exact) mass is 433 g/mol. The van der Waals surface area contributed by atoms with E-state index in [-0.39, 0.29) is 0 Å². The second kappa shape index (κ2) is 13.0. The summed E-state index contributed by atoms with van der Waals surface area (Å²) >= 11 is 0. The quantitative estimate of drug-likeness (QED) is 0.690. The van der Waals surface area contributed by atoms with Gasteiger partial charge in [-0.15, -0.1) is 0 Å². The summed E-state index contributed by atoms with van der Waals surface area (Å²) in [6, 6.07) is 19.5. The van der Waals surface area contributed by atoms with Crippen LogP contribution >= 0.6 is 7.14 Å². The van der Waals surface area contributed by atoms with E-state index < -0.39 is 7.14 Å². The molecule has 6 nitrogen and oxygen atoms in total. The second-order valence-corrected chi connectivity index (χ2v) is 9.91. The van der Waals surface area contributed by atoms with E-state index in [1.165, 1.54) is 0 Å². The lowest BCUT2D eigenvalue weighted by atomic mass is 10.4. The van der Waals surface area contributed by atoms with E-state index >= 15 is 0 Å². The normalized spacial score (nSPS) is 18.9. The van der Waals surface area contributed by atoms with Crippen LogP contribution in [-0.2, 0) is 23.5 Å². The maximum absolute atomic E-state index is 14.3. The van der Waals surface area contributed by atoms with Crippen LogP contribution in [-0.4, -0.2) is 77.1 Å². The Labute approximate surface area is 179 Å². The van der Waals surface area contributed by atoms with E-state index in [4.69, 9.17) is 18.9 Å². The maximum Gasteiger partial charge on any atom is 0.156 e. The van der Waals surface area contributed by atoms with Gasteiger partial charge in [-0.2, -0.15) is 0 Å². The van der Waals surface area contributed by atoms with E-state index in [1.807, 2.05) is 60.7 Å². The molecule has 1 fully saturated rings. The summed E-state index contributed by atoms with van der Waals surface area (Å²) in [5.41, 5.74) is 0. The zero-order valence-electron chi connectivity index (χ0n) is 17.5. The Bertz CT molecular complexity index is 699. The number of rotatable bonds is 4. The molecule has 2 aromatic carbocycles. The summed E-state index contributed by atoms with van der Waals surface area (Å²) in [6.07, 6.45) is 0.445. The maximum atomic E-state index is 14.3. The minimum Gasteiger partial charge on any atom is -0.378 e. The molecule has 0 unspecified atom stereocenters. The number of nitrogens with zero attached hydrogens (tertiary/aromatic N) is 1. The molecule has 3 rings (SSSR count). The summed E-state index contributed by atoms with van der Waals surface area (Å²) < 4.78 is 36.8. The lowest BCUT2D eigenvalue weighted by molar-refractivity contribution is 0.00206. The standard InChI is InChI=1S/C23H32NO5P/c25-30(22-7-3-1-4-8-22,23-9-5-2-6-10-23)21-24-11-13-26-15-17-28-19-20-29-18-16-27-14-12-24/h1-10H,11-21H2. The van der Waals surface area contributed by atoms with Crippen molar-refractivity contribution < 1.29 is 23.5 Å². The first-order valence-corrected chi connectivity index (χ1v) is 12.4. The third kappa shape index (κ3) is 7.31. The van der Waals surface area contributed by atoms with Gasteiger partial charge in [-0.05, 0) is 0 Å². The number of hydrogen-bond acceptors (Lipinski definition) is 6. The van der Waals surface area contributed by atoms with Crippen LogP contribution in [0.15, 0.2) is 60.7 Å². The molecule has 164 valence electrons. The van der Waals surface area contributed by atoms with Crippen LogP contribution in [0.1, 0.15) is 0 Å². The van der Waals surface area contributed by atoms with Gasteiger partial charge >= 0.3 is 0 Å². The Morgan fingerprint density at radius 3 is 1.37 bits per heavy atom. The molecule has 7 heteroatoms. The summed E-state index contributed by atoms with van der Waals surface area (Å²) in [7, 11) is -2.83. The average molecular weight is 433 g/mol. The SMILES string of the molecule is O=P(CN1CCOCCOCCOCCOCC1)(c1ccccc1)c1ccccc1. The third-order valence-corrected chi connectivity index (χ3v) is 8.03. The minimum atomic E-state index is -2.83. The van der Waals surface area contributed by atoms with Gasteiger partial charge in [-0.25, -0.2) is 0 Å². The van der Waals surface area contributed by atoms with Crippen LogP contribution in [0.4, 0.5) is 0 Å². The van der Waals surface area contributed by atoms with Crippen LogP contribution in [0.5, 0.6) is 0 Å².